The van der Waals surface area contributed by atoms with Gasteiger partial charge in [0.1, 0.15) is 0 Å². The lowest BCUT2D eigenvalue weighted by molar-refractivity contribution is 0.231. The molecule has 112 valence electrons. The number of carbonyl (C=O) groups is 1. The van der Waals surface area contributed by atoms with E-state index in [0.29, 0.717) is 18.4 Å². The summed E-state index contributed by atoms with van der Waals surface area (Å²) < 4.78 is 0. The van der Waals surface area contributed by atoms with Gasteiger partial charge in [-0.1, -0.05) is 26.0 Å². The van der Waals surface area contributed by atoms with Crippen molar-refractivity contribution < 1.29 is 9.90 Å². The third-order valence-corrected chi connectivity index (χ3v) is 3.17. The van der Waals surface area contributed by atoms with Gasteiger partial charge in [-0.05, 0) is 49.3 Å². The first-order valence-corrected chi connectivity index (χ1v) is 7.23. The van der Waals surface area contributed by atoms with Crippen LogP contribution in [0.25, 0.3) is 0 Å². The van der Waals surface area contributed by atoms with Gasteiger partial charge in [0.05, 0.1) is 0 Å². The van der Waals surface area contributed by atoms with Gasteiger partial charge in [-0.25, -0.2) is 4.79 Å². The summed E-state index contributed by atoms with van der Waals surface area (Å²) in [6.45, 7) is 7.05. The molecule has 0 spiro atoms. The summed E-state index contributed by atoms with van der Waals surface area (Å²) in [7, 11) is 0. The molecule has 0 aliphatic carbocycles. The Balaban J connectivity index is 2.41. The first-order chi connectivity index (χ1) is 9.51. The van der Waals surface area contributed by atoms with Gasteiger partial charge in [0.15, 0.2) is 0 Å². The Hall–Kier alpha value is -1.55. The summed E-state index contributed by atoms with van der Waals surface area (Å²) in [6, 6.07) is 7.51. The smallest absolute Gasteiger partial charge is 0.319 e. The van der Waals surface area contributed by atoms with Crippen LogP contribution in [-0.2, 0) is 0 Å². The van der Waals surface area contributed by atoms with Gasteiger partial charge in [0.25, 0.3) is 0 Å². The number of aryl methyl sites for hydroxylation is 1. The first kappa shape index (κ1) is 16.5. The zero-order valence-corrected chi connectivity index (χ0v) is 12.6. The molecule has 1 rings (SSSR count). The highest BCUT2D eigenvalue weighted by atomic mass is 16.3. The van der Waals surface area contributed by atoms with Gasteiger partial charge in [0, 0.05) is 18.8 Å². The van der Waals surface area contributed by atoms with Crippen LogP contribution in [0.4, 0.5) is 10.5 Å². The summed E-state index contributed by atoms with van der Waals surface area (Å²) in [6.07, 6.45) is 1.73. The molecule has 1 unspecified atom stereocenters. The molecule has 0 heterocycles. The fraction of sp³-hybridized carbons (Fsp3) is 0.562. The molecule has 1 atom stereocenters. The van der Waals surface area contributed by atoms with Crippen LogP contribution in [-0.4, -0.2) is 24.3 Å². The molecule has 0 saturated heterocycles. The van der Waals surface area contributed by atoms with Gasteiger partial charge in [-0.2, -0.15) is 0 Å². The molecule has 0 radical (unpaired) electrons. The van der Waals surface area contributed by atoms with Crippen molar-refractivity contribution in [3.63, 3.8) is 0 Å². The lowest BCUT2D eigenvalue weighted by Crippen LogP contribution is -2.33. The molecule has 1 aromatic carbocycles. The van der Waals surface area contributed by atoms with Gasteiger partial charge < -0.3 is 15.7 Å². The fourth-order valence-electron chi connectivity index (χ4n) is 2.29. The SMILES string of the molecule is Cc1cccc(NC(=O)NCC(CCO)CC(C)C)c1. The van der Waals surface area contributed by atoms with E-state index in [0.717, 1.165) is 24.1 Å². The first-order valence-electron chi connectivity index (χ1n) is 7.23. The van der Waals surface area contributed by atoms with Crippen LogP contribution in [0.15, 0.2) is 24.3 Å². The predicted molar refractivity (Wildman–Crippen MR) is 82.8 cm³/mol. The number of urea groups is 1. The highest BCUT2D eigenvalue weighted by Gasteiger charge is 2.12. The number of benzene rings is 1. The van der Waals surface area contributed by atoms with Crippen LogP contribution in [0.5, 0.6) is 0 Å². The molecule has 20 heavy (non-hydrogen) atoms. The van der Waals surface area contributed by atoms with Gasteiger partial charge in [0.2, 0.25) is 0 Å². The molecule has 2 amide bonds. The quantitative estimate of drug-likeness (QED) is 0.717. The fourth-order valence-corrected chi connectivity index (χ4v) is 2.29. The van der Waals surface area contributed by atoms with Crippen LogP contribution in [0.3, 0.4) is 0 Å². The Morgan fingerprint density at radius 3 is 2.70 bits per heavy atom. The number of hydrogen-bond acceptors (Lipinski definition) is 2. The molecule has 0 aliphatic rings. The van der Waals surface area contributed by atoms with Crippen molar-refractivity contribution in [2.45, 2.75) is 33.6 Å². The van der Waals surface area contributed by atoms with E-state index in [1.807, 2.05) is 31.2 Å². The maximum Gasteiger partial charge on any atom is 0.319 e. The van der Waals surface area contributed by atoms with E-state index in [-0.39, 0.29) is 12.6 Å². The topological polar surface area (TPSA) is 61.4 Å². The van der Waals surface area contributed by atoms with E-state index in [9.17, 15) is 4.79 Å². The predicted octanol–water partition coefficient (Wildman–Crippen LogP) is 3.16. The summed E-state index contributed by atoms with van der Waals surface area (Å²) in [5, 5.41) is 14.8. The Bertz CT molecular complexity index is 419. The van der Waals surface area contributed by atoms with Crippen molar-refractivity contribution in [3.8, 4) is 0 Å². The van der Waals surface area contributed by atoms with Crippen molar-refractivity contribution in [2.24, 2.45) is 11.8 Å². The van der Waals surface area contributed by atoms with E-state index >= 15 is 0 Å². The molecule has 1 aromatic rings. The standard InChI is InChI=1S/C16H26N2O2/c1-12(2)9-14(7-8-19)11-17-16(20)18-15-6-4-5-13(3)10-15/h4-6,10,12,14,19H,7-9,11H2,1-3H3,(H2,17,18,20). The lowest BCUT2D eigenvalue weighted by atomic mass is 9.94. The minimum atomic E-state index is -0.192. The molecule has 4 nitrogen and oxygen atoms in total. The maximum absolute atomic E-state index is 11.8. The van der Waals surface area contributed by atoms with E-state index < -0.39 is 0 Å². The highest BCUT2D eigenvalue weighted by molar-refractivity contribution is 5.89. The number of carbonyl (C=O) groups excluding carboxylic acids is 1. The lowest BCUT2D eigenvalue weighted by Gasteiger charge is -2.18. The van der Waals surface area contributed by atoms with E-state index in [4.69, 9.17) is 5.11 Å². The van der Waals surface area contributed by atoms with Crippen molar-refractivity contribution in [1.29, 1.82) is 0 Å². The second kappa shape index (κ2) is 8.59. The monoisotopic (exact) mass is 278 g/mol. The molecule has 4 heteroatoms. The number of anilines is 1. The molecule has 3 N–H and O–H groups in total. The van der Waals surface area contributed by atoms with Crippen LogP contribution < -0.4 is 10.6 Å². The third kappa shape index (κ3) is 6.57. The zero-order chi connectivity index (χ0) is 15.0. The Labute approximate surface area is 121 Å². The minimum Gasteiger partial charge on any atom is -0.396 e. The van der Waals surface area contributed by atoms with Crippen molar-refractivity contribution >= 4 is 11.7 Å². The van der Waals surface area contributed by atoms with Gasteiger partial charge in [-0.15, -0.1) is 0 Å². The van der Waals surface area contributed by atoms with Crippen LogP contribution >= 0.6 is 0 Å². The number of nitrogens with one attached hydrogen (secondary N) is 2. The normalized spacial score (nSPS) is 12.2. The second-order valence-electron chi connectivity index (χ2n) is 5.71. The summed E-state index contributed by atoms with van der Waals surface area (Å²) in [5.41, 5.74) is 1.91. The largest absolute Gasteiger partial charge is 0.396 e. The zero-order valence-electron chi connectivity index (χ0n) is 12.6. The van der Waals surface area contributed by atoms with Crippen molar-refractivity contribution in [1.82, 2.24) is 5.32 Å². The molecule has 0 aromatic heterocycles. The average Bonchev–Trinajstić information content (AvgIpc) is 2.35. The molecule has 0 saturated carbocycles. The number of aliphatic hydroxyl groups excluding tert-OH is 1. The van der Waals surface area contributed by atoms with Crippen LogP contribution in [0, 0.1) is 18.8 Å². The Morgan fingerprint density at radius 2 is 2.10 bits per heavy atom. The number of amides is 2. The van der Waals surface area contributed by atoms with Gasteiger partial charge in [-0.3, -0.25) is 0 Å². The number of rotatable bonds is 7. The summed E-state index contributed by atoms with van der Waals surface area (Å²) >= 11 is 0. The molecular weight excluding hydrogens is 252 g/mol. The second-order valence-corrected chi connectivity index (χ2v) is 5.71. The molecular formula is C16H26N2O2. The summed E-state index contributed by atoms with van der Waals surface area (Å²) in [4.78, 5) is 11.8. The van der Waals surface area contributed by atoms with E-state index in [1.165, 1.54) is 0 Å². The van der Waals surface area contributed by atoms with Gasteiger partial charge >= 0.3 is 6.03 Å². The number of aliphatic hydroxyl groups is 1. The highest BCUT2D eigenvalue weighted by Crippen LogP contribution is 2.14. The van der Waals surface area contributed by atoms with E-state index in [2.05, 4.69) is 24.5 Å². The Kier molecular flexibility index (Phi) is 7.09. The third-order valence-electron chi connectivity index (χ3n) is 3.17. The molecule has 0 bridgehead atoms. The number of hydrogen-bond donors (Lipinski definition) is 3. The van der Waals surface area contributed by atoms with Crippen LogP contribution in [0.1, 0.15) is 32.3 Å². The van der Waals surface area contributed by atoms with Crippen LogP contribution in [0.2, 0.25) is 0 Å². The van der Waals surface area contributed by atoms with Crippen molar-refractivity contribution in [2.75, 3.05) is 18.5 Å². The van der Waals surface area contributed by atoms with Crippen molar-refractivity contribution in [3.05, 3.63) is 29.8 Å². The summed E-state index contributed by atoms with van der Waals surface area (Å²) in [5.74, 6) is 0.886. The molecule has 0 fully saturated rings. The minimum absolute atomic E-state index is 0.165. The van der Waals surface area contributed by atoms with E-state index in [1.54, 1.807) is 0 Å². The molecule has 0 aliphatic heterocycles. The Morgan fingerprint density at radius 1 is 1.35 bits per heavy atom. The maximum atomic E-state index is 11.8. The average molecular weight is 278 g/mol.